The van der Waals surface area contributed by atoms with Crippen LogP contribution in [0.25, 0.3) is 10.9 Å². The molecule has 0 spiro atoms. The van der Waals surface area contributed by atoms with E-state index in [-0.39, 0.29) is 13.2 Å². The highest BCUT2D eigenvalue weighted by atomic mass is 16.3. The molecule has 1 aromatic carbocycles. The van der Waals surface area contributed by atoms with Gasteiger partial charge in [0.1, 0.15) is 0 Å². The van der Waals surface area contributed by atoms with Gasteiger partial charge in [0, 0.05) is 11.1 Å². The van der Waals surface area contributed by atoms with Crippen LogP contribution >= 0.6 is 0 Å². The first kappa shape index (κ1) is 15.3. The van der Waals surface area contributed by atoms with Gasteiger partial charge in [0.15, 0.2) is 6.19 Å². The maximum atomic E-state index is 8.96. The van der Waals surface area contributed by atoms with Gasteiger partial charge in [-0.3, -0.25) is 10.3 Å². The Morgan fingerprint density at radius 2 is 2.13 bits per heavy atom. The van der Waals surface area contributed by atoms with Gasteiger partial charge in [0.2, 0.25) is 5.96 Å². The maximum absolute atomic E-state index is 8.96. The van der Waals surface area contributed by atoms with Crippen molar-refractivity contribution in [3.63, 3.8) is 0 Å². The highest BCUT2D eigenvalue weighted by molar-refractivity contribution is 6.04. The molecule has 0 amide bonds. The lowest BCUT2D eigenvalue weighted by atomic mass is 9.92. The summed E-state index contributed by atoms with van der Waals surface area (Å²) in [5.41, 5.74) is 4.22. The number of nitriles is 1. The Hall–Kier alpha value is -2.65. The van der Waals surface area contributed by atoms with Crippen LogP contribution in [0.2, 0.25) is 0 Å². The Kier molecular flexibility index (Phi) is 4.69. The Morgan fingerprint density at radius 3 is 2.96 bits per heavy atom. The summed E-state index contributed by atoms with van der Waals surface area (Å²) in [6.45, 7) is 0.176. The summed E-state index contributed by atoms with van der Waals surface area (Å²) in [6.07, 6.45) is 6.12. The quantitative estimate of drug-likeness (QED) is 0.349. The lowest BCUT2D eigenvalue weighted by Crippen LogP contribution is -2.28. The van der Waals surface area contributed by atoms with Crippen molar-refractivity contribution >= 4 is 22.5 Å². The second-order valence-corrected chi connectivity index (χ2v) is 5.45. The average Bonchev–Trinajstić information content (AvgIpc) is 2.59. The molecule has 118 valence electrons. The molecule has 1 aliphatic carbocycles. The van der Waals surface area contributed by atoms with Crippen LogP contribution in [0.4, 0.5) is 5.69 Å². The molecule has 0 unspecified atom stereocenters. The average molecular weight is 309 g/mol. The number of pyridine rings is 1. The number of fused-ring (bicyclic) bond motifs is 2. The fraction of sp³-hybridized carbons (Fsp3) is 0.353. The molecule has 6 heteroatoms. The zero-order valence-electron chi connectivity index (χ0n) is 12.8. The zero-order valence-corrected chi connectivity index (χ0v) is 12.8. The SMILES string of the molecule is N#CNC(=NCCO)Nc1c2c(nc3ccccc13)CCCC2. The van der Waals surface area contributed by atoms with Crippen LogP contribution in [0.15, 0.2) is 29.3 Å². The van der Waals surface area contributed by atoms with Gasteiger partial charge < -0.3 is 10.4 Å². The molecule has 0 bridgehead atoms. The summed E-state index contributed by atoms with van der Waals surface area (Å²) in [5, 5.41) is 24.7. The maximum Gasteiger partial charge on any atom is 0.209 e. The monoisotopic (exact) mass is 309 g/mol. The summed E-state index contributed by atoms with van der Waals surface area (Å²) in [6, 6.07) is 7.97. The lowest BCUT2D eigenvalue weighted by Gasteiger charge is -2.21. The Labute approximate surface area is 134 Å². The van der Waals surface area contributed by atoms with Crippen molar-refractivity contribution in [1.29, 1.82) is 5.26 Å². The molecule has 2 aromatic rings. The van der Waals surface area contributed by atoms with E-state index in [0.29, 0.717) is 5.96 Å². The number of aliphatic imine (C=N–C) groups is 1. The van der Waals surface area contributed by atoms with Crippen LogP contribution in [-0.4, -0.2) is 29.2 Å². The van der Waals surface area contributed by atoms with E-state index < -0.39 is 0 Å². The smallest absolute Gasteiger partial charge is 0.209 e. The van der Waals surface area contributed by atoms with Gasteiger partial charge in [-0.05, 0) is 37.3 Å². The molecule has 1 aromatic heterocycles. The summed E-state index contributed by atoms with van der Waals surface area (Å²) >= 11 is 0. The van der Waals surface area contributed by atoms with E-state index in [9.17, 15) is 0 Å². The number of guanidine groups is 1. The number of aryl methyl sites for hydroxylation is 1. The first-order chi connectivity index (χ1) is 11.3. The third kappa shape index (κ3) is 3.25. The molecule has 23 heavy (non-hydrogen) atoms. The molecular formula is C17H19N5O. The molecule has 0 saturated heterocycles. The molecule has 6 nitrogen and oxygen atoms in total. The standard InChI is InChI=1S/C17H19N5O/c18-11-20-17(19-9-10-23)22-16-12-5-1-3-7-14(12)21-15-8-4-2-6-13(15)16/h1,3,5,7,23H,2,4,6,8-10H2,(H2,19,20,21,22). The van der Waals surface area contributed by atoms with Crippen molar-refractivity contribution in [1.82, 2.24) is 10.3 Å². The molecule has 0 radical (unpaired) electrons. The van der Waals surface area contributed by atoms with Crippen molar-refractivity contribution in [2.75, 3.05) is 18.5 Å². The van der Waals surface area contributed by atoms with E-state index >= 15 is 0 Å². The number of para-hydroxylation sites is 1. The molecule has 0 saturated carbocycles. The van der Waals surface area contributed by atoms with Crippen molar-refractivity contribution in [3.8, 4) is 6.19 Å². The highest BCUT2D eigenvalue weighted by Gasteiger charge is 2.18. The van der Waals surface area contributed by atoms with Crippen molar-refractivity contribution < 1.29 is 5.11 Å². The largest absolute Gasteiger partial charge is 0.394 e. The van der Waals surface area contributed by atoms with E-state index in [4.69, 9.17) is 15.4 Å². The minimum absolute atomic E-state index is 0.0620. The summed E-state index contributed by atoms with van der Waals surface area (Å²) in [5.74, 6) is 0.352. The minimum Gasteiger partial charge on any atom is -0.394 e. The molecule has 0 fully saturated rings. The fourth-order valence-electron chi connectivity index (χ4n) is 2.96. The molecule has 0 atom stereocenters. The second kappa shape index (κ2) is 7.07. The Balaban J connectivity index is 2.09. The molecule has 3 N–H and O–H groups in total. The number of anilines is 1. The number of benzene rings is 1. The zero-order chi connectivity index (χ0) is 16.1. The van der Waals surface area contributed by atoms with Gasteiger partial charge in [-0.1, -0.05) is 18.2 Å². The second-order valence-electron chi connectivity index (χ2n) is 5.45. The van der Waals surface area contributed by atoms with Crippen LogP contribution in [0.3, 0.4) is 0 Å². The molecular weight excluding hydrogens is 290 g/mol. The van der Waals surface area contributed by atoms with E-state index in [0.717, 1.165) is 48.0 Å². The van der Waals surface area contributed by atoms with Crippen LogP contribution < -0.4 is 10.6 Å². The van der Waals surface area contributed by atoms with Crippen LogP contribution in [0.1, 0.15) is 24.1 Å². The third-order valence-electron chi connectivity index (χ3n) is 3.96. The normalized spacial score (nSPS) is 14.2. The van der Waals surface area contributed by atoms with E-state index in [1.807, 2.05) is 30.5 Å². The highest BCUT2D eigenvalue weighted by Crippen LogP contribution is 2.33. The predicted octanol–water partition coefficient (Wildman–Crippen LogP) is 1.94. The predicted molar refractivity (Wildman–Crippen MR) is 90.1 cm³/mol. The minimum atomic E-state index is -0.0620. The fourth-order valence-corrected chi connectivity index (χ4v) is 2.96. The number of aliphatic hydroxyl groups is 1. The third-order valence-corrected chi connectivity index (χ3v) is 3.96. The van der Waals surface area contributed by atoms with Crippen LogP contribution in [0.5, 0.6) is 0 Å². The van der Waals surface area contributed by atoms with E-state index in [1.165, 1.54) is 5.56 Å². The first-order valence-corrected chi connectivity index (χ1v) is 7.81. The van der Waals surface area contributed by atoms with Gasteiger partial charge in [-0.15, -0.1) is 0 Å². The first-order valence-electron chi connectivity index (χ1n) is 7.81. The van der Waals surface area contributed by atoms with Gasteiger partial charge in [0.05, 0.1) is 24.4 Å². The number of hydrogen-bond acceptors (Lipinski definition) is 4. The number of rotatable bonds is 3. The van der Waals surface area contributed by atoms with E-state index in [2.05, 4.69) is 15.6 Å². The summed E-state index contributed by atoms with van der Waals surface area (Å²) in [4.78, 5) is 8.97. The van der Waals surface area contributed by atoms with Crippen LogP contribution in [0, 0.1) is 11.5 Å². The Bertz CT molecular complexity index is 778. The summed E-state index contributed by atoms with van der Waals surface area (Å²) < 4.78 is 0. The molecule has 1 aliphatic rings. The van der Waals surface area contributed by atoms with Gasteiger partial charge in [-0.25, -0.2) is 4.99 Å². The number of aliphatic hydroxyl groups excluding tert-OH is 1. The number of hydrogen-bond donors (Lipinski definition) is 3. The van der Waals surface area contributed by atoms with Gasteiger partial charge in [-0.2, -0.15) is 5.26 Å². The molecule has 0 aliphatic heterocycles. The van der Waals surface area contributed by atoms with E-state index in [1.54, 1.807) is 0 Å². The van der Waals surface area contributed by atoms with Crippen molar-refractivity contribution in [2.45, 2.75) is 25.7 Å². The van der Waals surface area contributed by atoms with Gasteiger partial charge >= 0.3 is 0 Å². The number of aromatic nitrogens is 1. The van der Waals surface area contributed by atoms with Crippen molar-refractivity contribution in [2.24, 2.45) is 4.99 Å². The summed E-state index contributed by atoms with van der Waals surface area (Å²) in [7, 11) is 0. The van der Waals surface area contributed by atoms with Crippen molar-refractivity contribution in [3.05, 3.63) is 35.5 Å². The number of nitrogens with zero attached hydrogens (tertiary/aromatic N) is 3. The van der Waals surface area contributed by atoms with Gasteiger partial charge in [0.25, 0.3) is 0 Å². The van der Waals surface area contributed by atoms with Crippen LogP contribution in [-0.2, 0) is 12.8 Å². The molecule has 1 heterocycles. The Morgan fingerprint density at radius 1 is 1.30 bits per heavy atom. The lowest BCUT2D eigenvalue weighted by molar-refractivity contribution is 0.307. The molecule has 3 rings (SSSR count). The number of nitrogens with one attached hydrogen (secondary N) is 2. The topological polar surface area (TPSA) is 93.3 Å².